The standard InChI is InChI=1S/C21H34N4O/c1-16-7-6-8-17(2)19(16)22-18(3)20(26)25-11-9-21(10-12-25)15-23(4)13-14-24(21)5/h6-8,18,22H,9-15H2,1-5H3. The Morgan fingerprint density at radius 2 is 1.69 bits per heavy atom. The summed E-state index contributed by atoms with van der Waals surface area (Å²) in [6.45, 7) is 11.2. The van der Waals surface area contributed by atoms with Gasteiger partial charge in [-0.25, -0.2) is 0 Å². The molecule has 1 aromatic rings. The minimum Gasteiger partial charge on any atom is -0.373 e. The van der Waals surface area contributed by atoms with Crippen LogP contribution in [0.25, 0.3) is 0 Å². The van der Waals surface area contributed by atoms with Gasteiger partial charge in [0.05, 0.1) is 0 Å². The van der Waals surface area contributed by atoms with Gasteiger partial charge in [-0.05, 0) is 58.8 Å². The van der Waals surface area contributed by atoms with Crippen LogP contribution in [0.15, 0.2) is 18.2 Å². The number of hydrogen-bond donors (Lipinski definition) is 1. The van der Waals surface area contributed by atoms with E-state index < -0.39 is 0 Å². The maximum absolute atomic E-state index is 13.0. The number of para-hydroxylation sites is 1. The summed E-state index contributed by atoms with van der Waals surface area (Å²) in [6.07, 6.45) is 2.13. The summed E-state index contributed by atoms with van der Waals surface area (Å²) in [4.78, 5) is 20.0. The van der Waals surface area contributed by atoms with Crippen molar-refractivity contribution in [3.05, 3.63) is 29.3 Å². The van der Waals surface area contributed by atoms with Gasteiger partial charge in [0.2, 0.25) is 5.91 Å². The molecule has 0 radical (unpaired) electrons. The first-order valence-corrected chi connectivity index (χ1v) is 9.84. The summed E-state index contributed by atoms with van der Waals surface area (Å²) in [5.74, 6) is 0.217. The van der Waals surface area contributed by atoms with Gasteiger partial charge >= 0.3 is 0 Å². The Bertz CT molecular complexity index is 631. The van der Waals surface area contributed by atoms with Crippen LogP contribution in [0.1, 0.15) is 30.9 Å². The third-order valence-electron chi connectivity index (χ3n) is 6.41. The number of hydrogen-bond acceptors (Lipinski definition) is 4. The van der Waals surface area contributed by atoms with Gasteiger partial charge in [0, 0.05) is 44.0 Å². The van der Waals surface area contributed by atoms with Gasteiger partial charge in [0.1, 0.15) is 6.04 Å². The highest BCUT2D eigenvalue weighted by atomic mass is 16.2. The molecule has 144 valence electrons. The van der Waals surface area contributed by atoms with Crippen molar-refractivity contribution in [1.82, 2.24) is 14.7 Å². The molecule has 0 saturated carbocycles. The van der Waals surface area contributed by atoms with Crippen LogP contribution >= 0.6 is 0 Å². The number of amides is 1. The van der Waals surface area contributed by atoms with E-state index in [1.54, 1.807) is 0 Å². The topological polar surface area (TPSA) is 38.8 Å². The number of carbonyl (C=O) groups is 1. The second-order valence-electron chi connectivity index (χ2n) is 8.34. The zero-order valence-electron chi connectivity index (χ0n) is 17.0. The molecule has 2 saturated heterocycles. The van der Waals surface area contributed by atoms with Crippen molar-refractivity contribution in [2.45, 2.75) is 45.2 Å². The Labute approximate surface area is 158 Å². The summed E-state index contributed by atoms with van der Waals surface area (Å²) in [6, 6.07) is 6.04. The van der Waals surface area contributed by atoms with Crippen LogP contribution in [0, 0.1) is 13.8 Å². The molecular weight excluding hydrogens is 324 g/mol. The number of aryl methyl sites for hydroxylation is 2. The number of benzene rings is 1. The molecule has 5 nitrogen and oxygen atoms in total. The molecule has 1 amide bonds. The molecule has 1 unspecified atom stereocenters. The van der Waals surface area contributed by atoms with Gasteiger partial charge in [-0.3, -0.25) is 9.69 Å². The molecule has 5 heteroatoms. The van der Waals surface area contributed by atoms with E-state index in [4.69, 9.17) is 0 Å². The average Bonchev–Trinajstić information content (AvgIpc) is 2.62. The van der Waals surface area contributed by atoms with Crippen molar-refractivity contribution in [3.8, 4) is 0 Å². The lowest BCUT2D eigenvalue weighted by atomic mass is 9.83. The van der Waals surface area contributed by atoms with E-state index in [2.05, 4.69) is 66.2 Å². The van der Waals surface area contributed by atoms with E-state index in [9.17, 15) is 4.79 Å². The van der Waals surface area contributed by atoms with Crippen LogP contribution in [0.4, 0.5) is 5.69 Å². The van der Waals surface area contributed by atoms with Crippen LogP contribution in [0.5, 0.6) is 0 Å². The van der Waals surface area contributed by atoms with Crippen LogP contribution in [-0.2, 0) is 4.79 Å². The van der Waals surface area contributed by atoms with Gasteiger partial charge < -0.3 is 15.1 Å². The van der Waals surface area contributed by atoms with Crippen molar-refractivity contribution in [3.63, 3.8) is 0 Å². The highest BCUT2D eigenvalue weighted by Gasteiger charge is 2.42. The van der Waals surface area contributed by atoms with Gasteiger partial charge in [-0.2, -0.15) is 0 Å². The normalized spacial score (nSPS) is 22.4. The summed E-state index contributed by atoms with van der Waals surface area (Å²) >= 11 is 0. The van der Waals surface area contributed by atoms with E-state index in [1.165, 1.54) is 11.1 Å². The lowest BCUT2D eigenvalue weighted by Gasteiger charge is -2.52. The third kappa shape index (κ3) is 3.74. The summed E-state index contributed by atoms with van der Waals surface area (Å²) in [5.41, 5.74) is 3.71. The molecule has 1 atom stereocenters. The second-order valence-corrected chi connectivity index (χ2v) is 8.34. The highest BCUT2D eigenvalue weighted by molar-refractivity contribution is 5.85. The number of likely N-dealkylation sites (N-methyl/N-ethyl adjacent to an activating group) is 2. The maximum Gasteiger partial charge on any atom is 0.244 e. The molecule has 3 rings (SSSR count). The zero-order chi connectivity index (χ0) is 18.9. The van der Waals surface area contributed by atoms with Crippen molar-refractivity contribution in [2.75, 3.05) is 52.1 Å². The molecule has 2 fully saturated rings. The zero-order valence-corrected chi connectivity index (χ0v) is 17.0. The number of likely N-dealkylation sites (tertiary alicyclic amines) is 1. The van der Waals surface area contributed by atoms with E-state index in [0.29, 0.717) is 0 Å². The van der Waals surface area contributed by atoms with Gasteiger partial charge in [-0.1, -0.05) is 18.2 Å². The first kappa shape index (κ1) is 19.2. The fraction of sp³-hybridized carbons (Fsp3) is 0.667. The van der Waals surface area contributed by atoms with Crippen molar-refractivity contribution >= 4 is 11.6 Å². The molecule has 2 heterocycles. The summed E-state index contributed by atoms with van der Waals surface area (Å²) in [7, 11) is 4.46. The van der Waals surface area contributed by atoms with Crippen molar-refractivity contribution in [2.24, 2.45) is 0 Å². The Morgan fingerprint density at radius 3 is 2.31 bits per heavy atom. The highest BCUT2D eigenvalue weighted by Crippen LogP contribution is 2.31. The first-order valence-electron chi connectivity index (χ1n) is 9.84. The number of carbonyl (C=O) groups excluding carboxylic acids is 1. The SMILES string of the molecule is Cc1cccc(C)c1NC(C)C(=O)N1CCC2(CC1)CN(C)CCN2C. The Hall–Kier alpha value is -1.59. The van der Waals surface area contributed by atoms with Gasteiger partial charge in [-0.15, -0.1) is 0 Å². The van der Waals surface area contributed by atoms with Crippen LogP contribution < -0.4 is 5.32 Å². The molecule has 0 aromatic heterocycles. The summed E-state index contributed by atoms with van der Waals surface area (Å²) < 4.78 is 0. The Balaban J connectivity index is 1.61. The number of rotatable bonds is 3. The molecule has 0 aliphatic carbocycles. The van der Waals surface area contributed by atoms with Crippen molar-refractivity contribution in [1.29, 1.82) is 0 Å². The second kappa shape index (κ2) is 7.57. The first-order chi connectivity index (χ1) is 12.3. The number of nitrogens with zero attached hydrogens (tertiary/aromatic N) is 3. The fourth-order valence-corrected chi connectivity index (χ4v) is 4.54. The molecule has 2 aliphatic heterocycles. The smallest absolute Gasteiger partial charge is 0.244 e. The maximum atomic E-state index is 13.0. The quantitative estimate of drug-likeness (QED) is 0.900. The molecule has 1 spiro atoms. The number of anilines is 1. The van der Waals surface area contributed by atoms with Crippen LogP contribution in [-0.4, -0.2) is 79.0 Å². The lowest BCUT2D eigenvalue weighted by Crippen LogP contribution is -2.64. The van der Waals surface area contributed by atoms with E-state index in [-0.39, 0.29) is 17.5 Å². The summed E-state index contributed by atoms with van der Waals surface area (Å²) in [5, 5.41) is 3.45. The molecular formula is C21H34N4O. The minimum absolute atomic E-state index is 0.199. The molecule has 1 aromatic carbocycles. The Morgan fingerprint density at radius 1 is 1.08 bits per heavy atom. The predicted octanol–water partition coefficient (Wildman–Crippen LogP) is 2.34. The Kier molecular flexibility index (Phi) is 5.58. The predicted molar refractivity (Wildman–Crippen MR) is 108 cm³/mol. The molecule has 26 heavy (non-hydrogen) atoms. The average molecular weight is 359 g/mol. The number of piperazine rings is 1. The third-order valence-corrected chi connectivity index (χ3v) is 6.41. The fourth-order valence-electron chi connectivity index (χ4n) is 4.54. The van der Waals surface area contributed by atoms with E-state index in [1.807, 2.05) is 6.92 Å². The van der Waals surface area contributed by atoms with Gasteiger partial charge in [0.15, 0.2) is 0 Å². The minimum atomic E-state index is -0.199. The van der Waals surface area contributed by atoms with Gasteiger partial charge in [0.25, 0.3) is 0 Å². The van der Waals surface area contributed by atoms with Crippen molar-refractivity contribution < 1.29 is 4.79 Å². The van der Waals surface area contributed by atoms with E-state index in [0.717, 1.165) is 51.3 Å². The lowest BCUT2D eigenvalue weighted by molar-refractivity contribution is -0.135. The number of nitrogens with one attached hydrogen (secondary N) is 1. The molecule has 1 N–H and O–H groups in total. The van der Waals surface area contributed by atoms with Crippen LogP contribution in [0.2, 0.25) is 0 Å². The van der Waals surface area contributed by atoms with Crippen LogP contribution in [0.3, 0.4) is 0 Å². The molecule has 2 aliphatic rings. The monoisotopic (exact) mass is 358 g/mol. The number of piperidine rings is 1. The molecule has 0 bridgehead atoms. The largest absolute Gasteiger partial charge is 0.373 e. The van der Waals surface area contributed by atoms with E-state index >= 15 is 0 Å².